The van der Waals surface area contributed by atoms with Gasteiger partial charge in [-0.05, 0) is 46.8 Å². The first-order chi connectivity index (χ1) is 17.6. The van der Waals surface area contributed by atoms with Gasteiger partial charge in [0.25, 0.3) is 0 Å². The van der Waals surface area contributed by atoms with E-state index in [-0.39, 0.29) is 18.0 Å². The molecule has 1 unspecified atom stereocenters. The number of amides is 1. The van der Waals surface area contributed by atoms with Gasteiger partial charge in [0.1, 0.15) is 18.1 Å². The van der Waals surface area contributed by atoms with Crippen molar-refractivity contribution >= 4 is 23.1 Å². The van der Waals surface area contributed by atoms with Gasteiger partial charge < -0.3 is 14.0 Å². The summed E-state index contributed by atoms with van der Waals surface area (Å²) in [6, 6.07) is 16.8. The zero-order chi connectivity index (χ0) is 24.5. The van der Waals surface area contributed by atoms with E-state index in [1.54, 1.807) is 28.4 Å². The van der Waals surface area contributed by atoms with Crippen molar-refractivity contribution in [1.82, 2.24) is 0 Å². The molecule has 2 aromatic carbocycles. The Bertz CT molecular complexity index is 1220. The second kappa shape index (κ2) is 9.87. The van der Waals surface area contributed by atoms with E-state index in [1.807, 2.05) is 17.5 Å². The lowest BCUT2D eigenvalue weighted by Crippen LogP contribution is -2.65. The zero-order valence-corrected chi connectivity index (χ0v) is 21.2. The molecule has 36 heavy (non-hydrogen) atoms. The first-order valence-corrected chi connectivity index (χ1v) is 13.8. The number of nitrogens with zero attached hydrogens (tertiary/aromatic N) is 2. The first-order valence-electron chi connectivity index (χ1n) is 12.9. The number of carbonyl (C=O) groups excluding carboxylic acids is 1. The van der Waals surface area contributed by atoms with Gasteiger partial charge in [0.15, 0.2) is 6.10 Å². The molecule has 7 rings (SSSR count). The van der Waals surface area contributed by atoms with E-state index in [1.165, 1.54) is 23.3 Å². The molecule has 0 aliphatic carbocycles. The maximum atomic E-state index is 14.0. The van der Waals surface area contributed by atoms with E-state index >= 15 is 0 Å². The summed E-state index contributed by atoms with van der Waals surface area (Å²) in [5.74, 6) is 1.08. The summed E-state index contributed by atoms with van der Waals surface area (Å²) in [5, 5.41) is 1.99. The largest absolute Gasteiger partial charge is 0.493 e. The molecule has 0 radical (unpaired) electrons. The Kier molecular flexibility index (Phi) is 6.44. The second-order valence-electron chi connectivity index (χ2n) is 10.4. The van der Waals surface area contributed by atoms with Crippen LogP contribution in [0.2, 0.25) is 0 Å². The number of hydrogen-bond donors (Lipinski definition) is 0. The minimum atomic E-state index is -0.385. The summed E-state index contributed by atoms with van der Waals surface area (Å²) in [4.78, 5) is 16.1. The van der Waals surface area contributed by atoms with Crippen LogP contribution >= 0.6 is 11.3 Å². The standard InChI is InChI=1S/C29H32FN2O3S/c30-24-3-1-4-25(18-24)31(19-26-5-2-16-36-26)29(33)35-28-20-32(13-9-22(28)10-14-32)12-8-21-6-7-27-23(17-21)11-15-34-27/h1-7,16-18,22,28H,8-15,19-20H2/q+1. The minimum absolute atomic E-state index is 0.104. The van der Waals surface area contributed by atoms with Crippen LogP contribution in [0.4, 0.5) is 14.9 Å². The number of benzene rings is 2. The molecule has 0 spiro atoms. The Morgan fingerprint density at radius 3 is 2.83 bits per heavy atom. The monoisotopic (exact) mass is 507 g/mol. The van der Waals surface area contributed by atoms with E-state index in [2.05, 4.69) is 18.2 Å². The molecule has 4 aliphatic rings. The number of piperidine rings is 3. The first kappa shape index (κ1) is 23.5. The lowest BCUT2D eigenvalue weighted by atomic mass is 9.83. The third-order valence-corrected chi connectivity index (χ3v) is 9.02. The second-order valence-corrected chi connectivity index (χ2v) is 11.4. The van der Waals surface area contributed by atoms with Crippen molar-refractivity contribution in [2.24, 2.45) is 5.92 Å². The van der Waals surface area contributed by atoms with Crippen molar-refractivity contribution in [3.63, 3.8) is 0 Å². The number of thiophene rings is 1. The van der Waals surface area contributed by atoms with Crippen LogP contribution in [-0.2, 0) is 24.1 Å². The third-order valence-electron chi connectivity index (χ3n) is 8.16. The van der Waals surface area contributed by atoms with Crippen molar-refractivity contribution in [3.05, 3.63) is 81.8 Å². The summed E-state index contributed by atoms with van der Waals surface area (Å²) < 4.78 is 26.9. The predicted molar refractivity (Wildman–Crippen MR) is 139 cm³/mol. The number of halogens is 1. The number of rotatable bonds is 7. The number of anilines is 1. The Morgan fingerprint density at radius 1 is 1.14 bits per heavy atom. The Balaban J connectivity index is 1.15. The predicted octanol–water partition coefficient (Wildman–Crippen LogP) is 5.82. The van der Waals surface area contributed by atoms with Crippen LogP contribution in [-0.4, -0.2) is 49.5 Å². The van der Waals surface area contributed by atoms with Crippen molar-refractivity contribution in [3.8, 4) is 5.75 Å². The fourth-order valence-corrected chi connectivity index (χ4v) is 6.78. The van der Waals surface area contributed by atoms with E-state index in [4.69, 9.17) is 9.47 Å². The van der Waals surface area contributed by atoms with E-state index in [0.29, 0.717) is 18.2 Å². The average molecular weight is 508 g/mol. The number of carbonyl (C=O) groups is 1. The fraction of sp³-hybridized carbons (Fsp3) is 0.414. The highest BCUT2D eigenvalue weighted by Gasteiger charge is 2.47. The maximum Gasteiger partial charge on any atom is 0.415 e. The van der Waals surface area contributed by atoms with E-state index in [9.17, 15) is 9.18 Å². The molecule has 0 N–H and O–H groups in total. The van der Waals surface area contributed by atoms with Gasteiger partial charge in [-0.2, -0.15) is 0 Å². The number of quaternary nitrogens is 1. The molecule has 3 aromatic rings. The SMILES string of the molecule is O=C(OC1C[N+]2(CCc3ccc4c(c3)CCO4)CCC1CC2)N(Cc1cccs1)c1cccc(F)c1. The lowest BCUT2D eigenvalue weighted by molar-refractivity contribution is -0.945. The highest BCUT2D eigenvalue weighted by atomic mass is 32.1. The van der Waals surface area contributed by atoms with E-state index < -0.39 is 0 Å². The molecular weight excluding hydrogens is 475 g/mol. The Hall–Kier alpha value is -2.90. The van der Waals surface area contributed by atoms with Gasteiger partial charge in [-0.1, -0.05) is 24.3 Å². The van der Waals surface area contributed by atoms with Gasteiger partial charge >= 0.3 is 6.09 Å². The molecule has 0 saturated carbocycles. The van der Waals surface area contributed by atoms with Gasteiger partial charge in [-0.25, -0.2) is 9.18 Å². The molecule has 188 valence electrons. The summed E-state index contributed by atoms with van der Waals surface area (Å²) >= 11 is 1.58. The Labute approximate surface area is 215 Å². The highest BCUT2D eigenvalue weighted by molar-refractivity contribution is 7.09. The smallest absolute Gasteiger partial charge is 0.415 e. The summed E-state index contributed by atoms with van der Waals surface area (Å²) in [5.41, 5.74) is 3.21. The molecule has 1 amide bonds. The van der Waals surface area contributed by atoms with Gasteiger partial charge in [-0.15, -0.1) is 11.3 Å². The topological polar surface area (TPSA) is 38.8 Å². The molecule has 3 saturated heterocycles. The number of fused-ring (bicyclic) bond motifs is 4. The van der Waals surface area contributed by atoms with Crippen molar-refractivity contribution in [2.75, 3.05) is 37.7 Å². The molecule has 5 heterocycles. The van der Waals surface area contributed by atoms with Crippen molar-refractivity contribution < 1.29 is 23.1 Å². The molecule has 7 heteroatoms. The van der Waals surface area contributed by atoms with Gasteiger partial charge in [0.2, 0.25) is 0 Å². The van der Waals surface area contributed by atoms with Crippen molar-refractivity contribution in [2.45, 2.75) is 38.3 Å². The fourth-order valence-electron chi connectivity index (χ4n) is 6.09. The van der Waals surface area contributed by atoms with Crippen LogP contribution in [0.25, 0.3) is 0 Å². The number of hydrogen-bond acceptors (Lipinski definition) is 4. The van der Waals surface area contributed by atoms with Gasteiger partial charge in [0.05, 0.1) is 38.5 Å². The van der Waals surface area contributed by atoms with Gasteiger partial charge in [-0.3, -0.25) is 4.90 Å². The van der Waals surface area contributed by atoms with E-state index in [0.717, 1.165) is 73.6 Å². The third kappa shape index (κ3) is 4.87. The van der Waals surface area contributed by atoms with Crippen LogP contribution in [0.5, 0.6) is 5.75 Å². The molecule has 5 nitrogen and oxygen atoms in total. The van der Waals surface area contributed by atoms with Gasteiger partial charge in [0, 0.05) is 36.5 Å². The van der Waals surface area contributed by atoms with Crippen LogP contribution < -0.4 is 9.64 Å². The highest BCUT2D eigenvalue weighted by Crippen LogP contribution is 2.37. The quantitative estimate of drug-likeness (QED) is 0.379. The molecule has 3 fully saturated rings. The lowest BCUT2D eigenvalue weighted by Gasteiger charge is -2.52. The Morgan fingerprint density at radius 2 is 2.03 bits per heavy atom. The minimum Gasteiger partial charge on any atom is -0.493 e. The summed E-state index contributed by atoms with van der Waals surface area (Å²) in [6.45, 7) is 5.38. The molecule has 2 bridgehead atoms. The normalized spacial score (nSPS) is 24.2. The van der Waals surface area contributed by atoms with Crippen LogP contribution in [0.1, 0.15) is 28.8 Å². The summed E-state index contributed by atoms with van der Waals surface area (Å²) in [7, 11) is 0. The average Bonchev–Trinajstić information content (AvgIpc) is 3.58. The number of ether oxygens (including phenoxy) is 2. The van der Waals surface area contributed by atoms with Crippen molar-refractivity contribution in [1.29, 1.82) is 0 Å². The maximum absolute atomic E-state index is 14.0. The zero-order valence-electron chi connectivity index (χ0n) is 20.4. The molecule has 4 aliphatic heterocycles. The summed E-state index contributed by atoms with van der Waals surface area (Å²) in [6.07, 6.45) is 3.70. The molecular formula is C29H32FN2O3S+. The molecule has 1 aromatic heterocycles. The van der Waals surface area contributed by atoms with Crippen LogP contribution in [0.3, 0.4) is 0 Å². The van der Waals surface area contributed by atoms with Crippen LogP contribution in [0.15, 0.2) is 60.0 Å². The van der Waals surface area contributed by atoms with Crippen LogP contribution in [0, 0.1) is 11.7 Å². The molecule has 1 atom stereocenters.